The van der Waals surface area contributed by atoms with Crippen molar-refractivity contribution in [1.82, 2.24) is 5.32 Å². The molecule has 0 amide bonds. The Morgan fingerprint density at radius 3 is 2.64 bits per heavy atom. The summed E-state index contributed by atoms with van der Waals surface area (Å²) >= 11 is 0. The monoisotopic (exact) mass is 294 g/mol. The molecule has 112 valence electrons. The SMILES string of the molecule is N#Cc1ccccc1OC(c1ccccc1)[C@@H]1CNCCO1. The predicted molar refractivity (Wildman–Crippen MR) is 83.6 cm³/mol. The Balaban J connectivity index is 1.90. The number of ether oxygens (including phenoxy) is 2. The van der Waals surface area contributed by atoms with Crippen LogP contribution in [0.25, 0.3) is 0 Å². The van der Waals surface area contributed by atoms with Crippen LogP contribution in [0.2, 0.25) is 0 Å². The van der Waals surface area contributed by atoms with Crippen molar-refractivity contribution in [3.05, 3.63) is 65.7 Å². The molecule has 1 heterocycles. The summed E-state index contributed by atoms with van der Waals surface area (Å²) in [6.07, 6.45) is -0.327. The van der Waals surface area contributed by atoms with E-state index >= 15 is 0 Å². The van der Waals surface area contributed by atoms with Gasteiger partial charge >= 0.3 is 0 Å². The molecule has 2 atom stereocenters. The van der Waals surface area contributed by atoms with Crippen molar-refractivity contribution in [2.45, 2.75) is 12.2 Å². The normalized spacial score (nSPS) is 19.1. The standard InChI is InChI=1S/C18H18N2O2/c19-12-15-8-4-5-9-16(15)22-18(14-6-2-1-3-7-14)17-13-20-10-11-21-17/h1-9,17-18,20H,10-11,13H2/t17-,18?/m0/s1. The van der Waals surface area contributed by atoms with Gasteiger partial charge in [-0.3, -0.25) is 0 Å². The van der Waals surface area contributed by atoms with Crippen molar-refractivity contribution >= 4 is 0 Å². The minimum atomic E-state index is -0.247. The lowest BCUT2D eigenvalue weighted by atomic mass is 10.0. The molecule has 2 aromatic rings. The third kappa shape index (κ3) is 3.28. The van der Waals surface area contributed by atoms with Gasteiger partial charge in [-0.15, -0.1) is 0 Å². The zero-order valence-corrected chi connectivity index (χ0v) is 12.2. The number of para-hydroxylation sites is 1. The molecule has 4 nitrogen and oxygen atoms in total. The van der Waals surface area contributed by atoms with Crippen LogP contribution < -0.4 is 10.1 Å². The fourth-order valence-electron chi connectivity index (χ4n) is 2.58. The third-order valence-electron chi connectivity index (χ3n) is 3.68. The van der Waals surface area contributed by atoms with Crippen molar-refractivity contribution < 1.29 is 9.47 Å². The first-order chi connectivity index (χ1) is 10.9. The summed E-state index contributed by atoms with van der Waals surface area (Å²) in [5.41, 5.74) is 1.58. The molecular weight excluding hydrogens is 276 g/mol. The van der Waals surface area contributed by atoms with Crippen LogP contribution in [0.1, 0.15) is 17.2 Å². The van der Waals surface area contributed by atoms with Gasteiger partial charge in [0.05, 0.1) is 12.2 Å². The van der Waals surface area contributed by atoms with Crippen LogP contribution >= 0.6 is 0 Å². The van der Waals surface area contributed by atoms with Gasteiger partial charge in [-0.25, -0.2) is 0 Å². The molecule has 22 heavy (non-hydrogen) atoms. The van der Waals surface area contributed by atoms with Crippen LogP contribution in [-0.2, 0) is 4.74 Å². The van der Waals surface area contributed by atoms with Crippen LogP contribution in [-0.4, -0.2) is 25.8 Å². The van der Waals surface area contributed by atoms with Crippen LogP contribution in [0.15, 0.2) is 54.6 Å². The zero-order valence-electron chi connectivity index (χ0n) is 12.2. The predicted octanol–water partition coefficient (Wildman–Crippen LogP) is 2.67. The molecule has 0 radical (unpaired) electrons. The molecule has 1 fully saturated rings. The van der Waals surface area contributed by atoms with Gasteiger partial charge in [0.2, 0.25) is 0 Å². The fraction of sp³-hybridized carbons (Fsp3) is 0.278. The van der Waals surface area contributed by atoms with Gasteiger partial charge in [0.15, 0.2) is 6.10 Å². The Bertz CT molecular complexity index is 646. The quantitative estimate of drug-likeness (QED) is 0.942. The minimum Gasteiger partial charge on any atom is -0.482 e. The Labute approximate surface area is 130 Å². The summed E-state index contributed by atoms with van der Waals surface area (Å²) < 4.78 is 12.0. The van der Waals surface area contributed by atoms with E-state index in [2.05, 4.69) is 11.4 Å². The number of nitrogens with zero attached hydrogens (tertiary/aromatic N) is 1. The van der Waals surface area contributed by atoms with Gasteiger partial charge in [-0.1, -0.05) is 42.5 Å². The van der Waals surface area contributed by atoms with E-state index in [4.69, 9.17) is 9.47 Å². The molecular formula is C18H18N2O2. The topological polar surface area (TPSA) is 54.3 Å². The molecule has 0 aliphatic carbocycles. The summed E-state index contributed by atoms with van der Waals surface area (Å²) in [6.45, 7) is 2.25. The molecule has 1 unspecified atom stereocenters. The van der Waals surface area contributed by atoms with E-state index in [1.165, 1.54) is 0 Å². The van der Waals surface area contributed by atoms with Crippen molar-refractivity contribution in [3.8, 4) is 11.8 Å². The van der Waals surface area contributed by atoms with Crippen LogP contribution in [0, 0.1) is 11.3 Å². The number of rotatable bonds is 4. The zero-order chi connectivity index (χ0) is 15.2. The van der Waals surface area contributed by atoms with E-state index in [9.17, 15) is 5.26 Å². The van der Waals surface area contributed by atoms with Crippen molar-refractivity contribution in [3.63, 3.8) is 0 Å². The fourth-order valence-corrected chi connectivity index (χ4v) is 2.58. The largest absolute Gasteiger partial charge is 0.482 e. The molecule has 4 heteroatoms. The molecule has 2 aromatic carbocycles. The maximum absolute atomic E-state index is 9.24. The Morgan fingerprint density at radius 1 is 1.14 bits per heavy atom. The average molecular weight is 294 g/mol. The van der Waals surface area contributed by atoms with Crippen LogP contribution in [0.3, 0.4) is 0 Å². The highest BCUT2D eigenvalue weighted by atomic mass is 16.5. The van der Waals surface area contributed by atoms with E-state index in [1.54, 1.807) is 6.07 Å². The summed E-state index contributed by atoms with van der Waals surface area (Å²) in [4.78, 5) is 0. The Hall–Kier alpha value is -2.35. The molecule has 1 N–H and O–H groups in total. The molecule has 0 saturated carbocycles. The maximum Gasteiger partial charge on any atom is 0.151 e. The summed E-state index contributed by atoms with van der Waals surface area (Å²) in [6, 6.07) is 19.5. The number of morpholine rings is 1. The molecule has 0 bridgehead atoms. The Kier molecular flexibility index (Phi) is 4.69. The van der Waals surface area contributed by atoms with Crippen LogP contribution in [0.5, 0.6) is 5.75 Å². The summed E-state index contributed by atoms with van der Waals surface area (Å²) in [5.74, 6) is 0.591. The van der Waals surface area contributed by atoms with Crippen molar-refractivity contribution in [1.29, 1.82) is 5.26 Å². The number of hydrogen-bond acceptors (Lipinski definition) is 4. The average Bonchev–Trinajstić information content (AvgIpc) is 2.61. The first-order valence-electron chi connectivity index (χ1n) is 7.41. The van der Waals surface area contributed by atoms with E-state index in [1.807, 2.05) is 48.5 Å². The van der Waals surface area contributed by atoms with Gasteiger partial charge in [-0.2, -0.15) is 5.26 Å². The molecule has 3 rings (SSSR count). The highest BCUT2D eigenvalue weighted by molar-refractivity contribution is 5.43. The van der Waals surface area contributed by atoms with Gasteiger partial charge in [0.1, 0.15) is 17.9 Å². The van der Waals surface area contributed by atoms with Crippen molar-refractivity contribution in [2.75, 3.05) is 19.7 Å². The molecule has 0 aromatic heterocycles. The smallest absolute Gasteiger partial charge is 0.151 e. The minimum absolute atomic E-state index is 0.0806. The second kappa shape index (κ2) is 7.08. The lowest BCUT2D eigenvalue weighted by molar-refractivity contribution is -0.0433. The van der Waals surface area contributed by atoms with E-state index in [-0.39, 0.29) is 12.2 Å². The van der Waals surface area contributed by atoms with Crippen molar-refractivity contribution in [2.24, 2.45) is 0 Å². The molecule has 0 spiro atoms. The second-order valence-corrected chi connectivity index (χ2v) is 5.17. The number of hydrogen-bond donors (Lipinski definition) is 1. The first-order valence-corrected chi connectivity index (χ1v) is 7.41. The Morgan fingerprint density at radius 2 is 1.91 bits per heavy atom. The van der Waals surface area contributed by atoms with Gasteiger partial charge in [0.25, 0.3) is 0 Å². The number of nitriles is 1. The number of benzene rings is 2. The van der Waals surface area contributed by atoms with Crippen LogP contribution in [0.4, 0.5) is 0 Å². The number of nitrogens with one attached hydrogen (secondary N) is 1. The third-order valence-corrected chi connectivity index (χ3v) is 3.68. The summed E-state index contributed by atoms with van der Waals surface area (Å²) in [7, 11) is 0. The second-order valence-electron chi connectivity index (χ2n) is 5.17. The lowest BCUT2D eigenvalue weighted by Gasteiger charge is -2.31. The first kappa shape index (κ1) is 14.6. The molecule has 1 aliphatic heterocycles. The highest BCUT2D eigenvalue weighted by Crippen LogP contribution is 2.29. The van der Waals surface area contributed by atoms with Gasteiger partial charge in [-0.05, 0) is 17.7 Å². The van der Waals surface area contributed by atoms with E-state index in [0.717, 1.165) is 18.7 Å². The van der Waals surface area contributed by atoms with Gasteiger partial charge in [0, 0.05) is 13.1 Å². The van der Waals surface area contributed by atoms with E-state index < -0.39 is 0 Å². The maximum atomic E-state index is 9.24. The summed E-state index contributed by atoms with van der Waals surface area (Å²) in [5, 5.41) is 12.6. The van der Waals surface area contributed by atoms with Gasteiger partial charge < -0.3 is 14.8 Å². The molecule has 1 saturated heterocycles. The van der Waals surface area contributed by atoms with E-state index in [0.29, 0.717) is 17.9 Å². The highest BCUT2D eigenvalue weighted by Gasteiger charge is 2.28. The lowest BCUT2D eigenvalue weighted by Crippen LogP contribution is -2.43. The molecule has 1 aliphatic rings.